The van der Waals surface area contributed by atoms with Crippen molar-refractivity contribution in [2.75, 3.05) is 53.0 Å². The maximum atomic E-state index is 6.10. The van der Waals surface area contributed by atoms with E-state index >= 15 is 0 Å². The van der Waals surface area contributed by atoms with Crippen LogP contribution in [0.25, 0.3) is 0 Å². The van der Waals surface area contributed by atoms with Crippen LogP contribution in [0.3, 0.4) is 0 Å². The Morgan fingerprint density at radius 2 is 1.77 bits per heavy atom. The fourth-order valence-electron chi connectivity index (χ4n) is 4.04. The SMILES string of the molecule is CN=C(NCC1CCCOC1C(C)(C)C)NCC(C)(C)N1CCOCC1. The quantitative estimate of drug-likeness (QED) is 0.575. The van der Waals surface area contributed by atoms with Crippen molar-refractivity contribution in [3.8, 4) is 0 Å². The maximum Gasteiger partial charge on any atom is 0.191 e. The summed E-state index contributed by atoms with van der Waals surface area (Å²) in [6, 6.07) is 0. The minimum absolute atomic E-state index is 0.0727. The Labute approximate surface area is 160 Å². The van der Waals surface area contributed by atoms with Crippen LogP contribution in [0, 0.1) is 11.3 Å². The molecule has 26 heavy (non-hydrogen) atoms. The summed E-state index contributed by atoms with van der Waals surface area (Å²) in [6.07, 6.45) is 2.66. The number of guanidine groups is 1. The van der Waals surface area contributed by atoms with Crippen molar-refractivity contribution in [1.29, 1.82) is 0 Å². The normalized spacial score (nSPS) is 26.6. The molecule has 6 nitrogen and oxygen atoms in total. The third kappa shape index (κ3) is 6.10. The second-order valence-corrected chi connectivity index (χ2v) is 9.28. The van der Waals surface area contributed by atoms with Gasteiger partial charge in [0.15, 0.2) is 5.96 Å². The Kier molecular flexibility index (Phi) is 7.74. The smallest absolute Gasteiger partial charge is 0.191 e. The Morgan fingerprint density at radius 3 is 2.38 bits per heavy atom. The van der Waals surface area contributed by atoms with Crippen molar-refractivity contribution in [2.45, 2.75) is 59.1 Å². The summed E-state index contributed by atoms with van der Waals surface area (Å²) in [7, 11) is 1.84. The average molecular weight is 369 g/mol. The molecule has 0 aromatic rings. The number of ether oxygens (including phenoxy) is 2. The lowest BCUT2D eigenvalue weighted by molar-refractivity contribution is -0.0835. The number of hydrogen-bond acceptors (Lipinski definition) is 4. The molecule has 0 radical (unpaired) electrons. The number of aliphatic imine (C=N–C) groups is 1. The molecule has 2 N–H and O–H groups in total. The molecule has 0 aromatic carbocycles. The number of morpholine rings is 1. The molecule has 6 heteroatoms. The second kappa shape index (κ2) is 9.38. The molecule has 0 aliphatic carbocycles. The average Bonchev–Trinajstić information content (AvgIpc) is 2.62. The van der Waals surface area contributed by atoms with Gasteiger partial charge in [-0.15, -0.1) is 0 Å². The zero-order valence-electron chi connectivity index (χ0n) is 17.7. The summed E-state index contributed by atoms with van der Waals surface area (Å²) in [4.78, 5) is 6.91. The molecule has 0 spiro atoms. The largest absolute Gasteiger partial charge is 0.379 e. The first-order valence-corrected chi connectivity index (χ1v) is 10.1. The number of nitrogens with one attached hydrogen (secondary N) is 2. The number of hydrogen-bond donors (Lipinski definition) is 2. The van der Waals surface area contributed by atoms with Crippen LogP contribution in [-0.4, -0.2) is 75.5 Å². The molecule has 2 rings (SSSR count). The fraction of sp³-hybridized carbons (Fsp3) is 0.950. The van der Waals surface area contributed by atoms with Crippen LogP contribution in [0.2, 0.25) is 0 Å². The van der Waals surface area contributed by atoms with Gasteiger partial charge in [0.2, 0.25) is 0 Å². The van der Waals surface area contributed by atoms with Crippen LogP contribution in [0.5, 0.6) is 0 Å². The highest BCUT2D eigenvalue weighted by Crippen LogP contribution is 2.33. The Morgan fingerprint density at radius 1 is 1.08 bits per heavy atom. The first-order valence-electron chi connectivity index (χ1n) is 10.1. The number of rotatable bonds is 5. The van der Waals surface area contributed by atoms with Crippen molar-refractivity contribution in [2.24, 2.45) is 16.3 Å². The van der Waals surface area contributed by atoms with Crippen molar-refractivity contribution < 1.29 is 9.47 Å². The van der Waals surface area contributed by atoms with Crippen LogP contribution >= 0.6 is 0 Å². The van der Waals surface area contributed by atoms with E-state index in [1.165, 1.54) is 6.42 Å². The molecule has 2 heterocycles. The highest BCUT2D eigenvalue weighted by molar-refractivity contribution is 5.79. The second-order valence-electron chi connectivity index (χ2n) is 9.28. The van der Waals surface area contributed by atoms with Gasteiger partial charge in [0.05, 0.1) is 19.3 Å². The van der Waals surface area contributed by atoms with E-state index in [2.05, 4.69) is 55.1 Å². The molecule has 2 aliphatic rings. The van der Waals surface area contributed by atoms with Crippen LogP contribution < -0.4 is 10.6 Å². The molecular formula is C20H40N4O2. The van der Waals surface area contributed by atoms with E-state index < -0.39 is 0 Å². The third-order valence-electron chi connectivity index (χ3n) is 5.61. The van der Waals surface area contributed by atoms with Gasteiger partial charge >= 0.3 is 0 Å². The van der Waals surface area contributed by atoms with Gasteiger partial charge in [0.1, 0.15) is 0 Å². The molecule has 0 amide bonds. The molecule has 2 aliphatic heterocycles. The van der Waals surface area contributed by atoms with Crippen LogP contribution in [-0.2, 0) is 9.47 Å². The van der Waals surface area contributed by atoms with E-state index in [1.54, 1.807) is 0 Å². The maximum absolute atomic E-state index is 6.10. The molecule has 152 valence electrons. The molecule has 2 fully saturated rings. The fourth-order valence-corrected chi connectivity index (χ4v) is 4.04. The minimum Gasteiger partial charge on any atom is -0.379 e. The Balaban J connectivity index is 1.83. The topological polar surface area (TPSA) is 58.1 Å². The lowest BCUT2D eigenvalue weighted by atomic mass is 9.78. The van der Waals surface area contributed by atoms with Crippen molar-refractivity contribution in [1.82, 2.24) is 15.5 Å². The first-order chi connectivity index (χ1) is 12.2. The first kappa shape index (κ1) is 21.5. The Bertz CT molecular complexity index is 453. The monoisotopic (exact) mass is 368 g/mol. The van der Waals surface area contributed by atoms with Gasteiger partial charge in [-0.2, -0.15) is 0 Å². The van der Waals surface area contributed by atoms with Crippen LogP contribution in [0.1, 0.15) is 47.5 Å². The molecule has 0 bridgehead atoms. The third-order valence-corrected chi connectivity index (χ3v) is 5.61. The minimum atomic E-state index is 0.0727. The van der Waals surface area contributed by atoms with E-state index in [4.69, 9.17) is 9.47 Å². The van der Waals surface area contributed by atoms with E-state index in [0.717, 1.165) is 58.4 Å². The molecule has 0 saturated carbocycles. The van der Waals surface area contributed by atoms with Gasteiger partial charge in [-0.25, -0.2) is 0 Å². The molecule has 2 unspecified atom stereocenters. The summed E-state index contributed by atoms with van der Waals surface area (Å²) in [5.74, 6) is 1.40. The summed E-state index contributed by atoms with van der Waals surface area (Å²) in [6.45, 7) is 17.7. The summed E-state index contributed by atoms with van der Waals surface area (Å²) in [5, 5.41) is 7.05. The summed E-state index contributed by atoms with van der Waals surface area (Å²) in [5.41, 5.74) is 0.241. The molecule has 2 atom stereocenters. The lowest BCUT2D eigenvalue weighted by Crippen LogP contribution is -2.57. The van der Waals surface area contributed by atoms with Gasteiger partial charge in [-0.1, -0.05) is 20.8 Å². The predicted octanol–water partition coefficient (Wildman–Crippen LogP) is 2.10. The molecule has 2 saturated heterocycles. The van der Waals surface area contributed by atoms with E-state index in [1.807, 2.05) is 7.05 Å². The van der Waals surface area contributed by atoms with Crippen LogP contribution in [0.4, 0.5) is 0 Å². The summed E-state index contributed by atoms with van der Waals surface area (Å²) < 4.78 is 11.6. The van der Waals surface area contributed by atoms with Gasteiger partial charge in [-0.05, 0) is 32.1 Å². The van der Waals surface area contributed by atoms with Gasteiger partial charge in [0.25, 0.3) is 0 Å². The van der Waals surface area contributed by atoms with Gasteiger partial charge in [0, 0.05) is 51.3 Å². The molecular weight excluding hydrogens is 328 g/mol. The van der Waals surface area contributed by atoms with Crippen molar-refractivity contribution in [3.05, 3.63) is 0 Å². The highest BCUT2D eigenvalue weighted by atomic mass is 16.5. The van der Waals surface area contributed by atoms with Gasteiger partial charge < -0.3 is 20.1 Å². The van der Waals surface area contributed by atoms with E-state index in [0.29, 0.717) is 12.0 Å². The van der Waals surface area contributed by atoms with E-state index in [9.17, 15) is 0 Å². The lowest BCUT2D eigenvalue weighted by Gasteiger charge is -2.41. The zero-order valence-corrected chi connectivity index (χ0v) is 17.7. The van der Waals surface area contributed by atoms with E-state index in [-0.39, 0.29) is 11.0 Å². The molecule has 0 aromatic heterocycles. The zero-order chi connectivity index (χ0) is 19.2. The highest BCUT2D eigenvalue weighted by Gasteiger charge is 2.35. The summed E-state index contributed by atoms with van der Waals surface area (Å²) >= 11 is 0. The van der Waals surface area contributed by atoms with Crippen molar-refractivity contribution in [3.63, 3.8) is 0 Å². The van der Waals surface area contributed by atoms with Crippen molar-refractivity contribution >= 4 is 5.96 Å². The Hall–Kier alpha value is -0.850. The predicted molar refractivity (Wildman–Crippen MR) is 108 cm³/mol. The van der Waals surface area contributed by atoms with Crippen LogP contribution in [0.15, 0.2) is 4.99 Å². The van der Waals surface area contributed by atoms with Gasteiger partial charge in [-0.3, -0.25) is 9.89 Å². The standard InChI is InChI=1S/C20H40N4O2/c1-19(2,3)17-16(8-7-11-26-17)14-22-18(21-6)23-15-20(4,5)24-9-12-25-13-10-24/h16-17H,7-15H2,1-6H3,(H2,21,22,23). The number of nitrogens with zero attached hydrogens (tertiary/aromatic N) is 2.